The second-order valence-electron chi connectivity index (χ2n) is 4.31. The molecule has 0 aliphatic rings. The third-order valence-electron chi connectivity index (χ3n) is 2.31. The molecule has 1 atom stereocenters. The van der Waals surface area contributed by atoms with E-state index in [0.29, 0.717) is 12.1 Å². The fraction of sp³-hybridized carbons (Fsp3) is 0.545. The van der Waals surface area contributed by atoms with Crippen LogP contribution < -0.4 is 5.32 Å². The molecule has 0 aromatic carbocycles. The minimum atomic E-state index is -1.04. The van der Waals surface area contributed by atoms with Crippen LogP contribution in [0, 0.1) is 12.8 Å². The Morgan fingerprint density at radius 1 is 1.53 bits per heavy atom. The van der Waals surface area contributed by atoms with Gasteiger partial charge in [-0.3, -0.25) is 4.79 Å². The number of aliphatic carboxylic acids is 1. The van der Waals surface area contributed by atoms with Crippen molar-refractivity contribution < 1.29 is 19.2 Å². The lowest BCUT2D eigenvalue weighted by Crippen LogP contribution is -2.41. The lowest BCUT2D eigenvalue weighted by Gasteiger charge is -2.15. The highest BCUT2D eigenvalue weighted by molar-refractivity contribution is 5.97. The molecule has 1 rings (SSSR count). The Balaban J connectivity index is 2.71. The maximum absolute atomic E-state index is 11.7. The molecule has 6 nitrogen and oxygen atoms in total. The van der Waals surface area contributed by atoms with E-state index < -0.39 is 17.9 Å². The number of rotatable bonds is 5. The first-order valence-electron chi connectivity index (χ1n) is 5.36. The third kappa shape index (κ3) is 3.58. The predicted molar refractivity (Wildman–Crippen MR) is 59.6 cm³/mol. The normalized spacial score (nSPS) is 12.5. The largest absolute Gasteiger partial charge is 0.480 e. The Hall–Kier alpha value is -1.85. The van der Waals surface area contributed by atoms with Crippen molar-refractivity contribution in [3.05, 3.63) is 17.5 Å². The monoisotopic (exact) mass is 240 g/mol. The van der Waals surface area contributed by atoms with Crippen LogP contribution >= 0.6 is 0 Å². The SMILES string of the molecule is Cc1nocc1C(=O)N[C@H](CC(C)C)C(=O)O. The number of hydrogen-bond donors (Lipinski definition) is 2. The van der Waals surface area contributed by atoms with Crippen LogP contribution in [-0.2, 0) is 4.79 Å². The zero-order valence-electron chi connectivity index (χ0n) is 10.1. The molecule has 0 saturated heterocycles. The molecule has 0 spiro atoms. The van der Waals surface area contributed by atoms with Gasteiger partial charge in [0.25, 0.3) is 5.91 Å². The highest BCUT2D eigenvalue weighted by Crippen LogP contribution is 2.08. The van der Waals surface area contributed by atoms with E-state index in [4.69, 9.17) is 5.11 Å². The smallest absolute Gasteiger partial charge is 0.326 e. The highest BCUT2D eigenvalue weighted by Gasteiger charge is 2.23. The number of hydrogen-bond acceptors (Lipinski definition) is 4. The van der Waals surface area contributed by atoms with Crippen LogP contribution in [0.2, 0.25) is 0 Å². The molecule has 0 unspecified atom stereocenters. The molecule has 1 heterocycles. The molecule has 94 valence electrons. The summed E-state index contributed by atoms with van der Waals surface area (Å²) in [7, 11) is 0. The van der Waals surface area contributed by atoms with E-state index >= 15 is 0 Å². The van der Waals surface area contributed by atoms with E-state index in [2.05, 4.69) is 15.0 Å². The Bertz CT molecular complexity index is 411. The molecule has 0 bridgehead atoms. The summed E-state index contributed by atoms with van der Waals surface area (Å²) in [5.41, 5.74) is 0.705. The summed E-state index contributed by atoms with van der Waals surface area (Å²) >= 11 is 0. The number of carboxylic acids is 1. The maximum atomic E-state index is 11.7. The highest BCUT2D eigenvalue weighted by atomic mass is 16.5. The van der Waals surface area contributed by atoms with Gasteiger partial charge in [0.2, 0.25) is 0 Å². The van der Waals surface area contributed by atoms with Crippen LogP contribution in [0.25, 0.3) is 0 Å². The molecule has 1 aromatic rings. The van der Waals surface area contributed by atoms with Crippen LogP contribution in [0.4, 0.5) is 0 Å². The Morgan fingerprint density at radius 3 is 2.59 bits per heavy atom. The first-order valence-corrected chi connectivity index (χ1v) is 5.36. The number of aromatic nitrogens is 1. The van der Waals surface area contributed by atoms with E-state index in [1.54, 1.807) is 6.92 Å². The van der Waals surface area contributed by atoms with Gasteiger partial charge < -0.3 is 14.9 Å². The lowest BCUT2D eigenvalue weighted by molar-refractivity contribution is -0.139. The summed E-state index contributed by atoms with van der Waals surface area (Å²) in [4.78, 5) is 22.7. The predicted octanol–water partition coefficient (Wildman–Crippen LogP) is 1.21. The minimum absolute atomic E-state index is 0.181. The molecule has 1 aromatic heterocycles. The summed E-state index contributed by atoms with van der Waals surface area (Å²) in [5, 5.41) is 15.0. The van der Waals surface area contributed by atoms with Crippen LogP contribution in [0.1, 0.15) is 36.3 Å². The molecule has 17 heavy (non-hydrogen) atoms. The summed E-state index contributed by atoms with van der Waals surface area (Å²) in [6, 6.07) is -0.892. The molecule has 0 fully saturated rings. The van der Waals surface area contributed by atoms with Gasteiger partial charge in [0.05, 0.1) is 5.69 Å². The minimum Gasteiger partial charge on any atom is -0.480 e. The van der Waals surface area contributed by atoms with Gasteiger partial charge in [-0.1, -0.05) is 19.0 Å². The van der Waals surface area contributed by atoms with Crippen molar-refractivity contribution in [2.45, 2.75) is 33.2 Å². The van der Waals surface area contributed by atoms with Crippen molar-refractivity contribution in [3.8, 4) is 0 Å². The van der Waals surface area contributed by atoms with Gasteiger partial charge in [0.1, 0.15) is 17.9 Å². The summed E-state index contributed by atoms with van der Waals surface area (Å²) in [5.74, 6) is -1.34. The van der Waals surface area contributed by atoms with Crippen molar-refractivity contribution in [1.82, 2.24) is 10.5 Å². The standard InChI is InChI=1S/C11H16N2O4/c1-6(2)4-9(11(15)16)12-10(14)8-5-17-13-7(8)3/h5-6,9H,4H2,1-3H3,(H,12,14)(H,15,16)/t9-/m1/s1. The van der Waals surface area contributed by atoms with Crippen molar-refractivity contribution in [2.24, 2.45) is 5.92 Å². The van der Waals surface area contributed by atoms with Gasteiger partial charge in [-0.15, -0.1) is 0 Å². The maximum Gasteiger partial charge on any atom is 0.326 e. The molecule has 0 saturated carbocycles. The molecular weight excluding hydrogens is 224 g/mol. The Kier molecular flexibility index (Phi) is 4.25. The van der Waals surface area contributed by atoms with E-state index in [-0.39, 0.29) is 11.5 Å². The quantitative estimate of drug-likeness (QED) is 0.807. The number of carbonyl (C=O) groups is 2. The molecule has 6 heteroatoms. The number of carboxylic acid groups (broad SMARTS) is 1. The fourth-order valence-electron chi connectivity index (χ4n) is 1.44. The van der Waals surface area contributed by atoms with Gasteiger partial charge in [0, 0.05) is 0 Å². The van der Waals surface area contributed by atoms with Crippen molar-refractivity contribution in [3.63, 3.8) is 0 Å². The number of carbonyl (C=O) groups excluding carboxylic acids is 1. The van der Waals surface area contributed by atoms with Crippen molar-refractivity contribution >= 4 is 11.9 Å². The Morgan fingerprint density at radius 2 is 2.18 bits per heavy atom. The zero-order chi connectivity index (χ0) is 13.0. The molecular formula is C11H16N2O4. The van der Waals surface area contributed by atoms with Gasteiger partial charge in [-0.25, -0.2) is 4.79 Å². The van der Waals surface area contributed by atoms with Gasteiger partial charge >= 0.3 is 5.97 Å². The Labute approximate surface area is 99.0 Å². The molecule has 1 amide bonds. The van der Waals surface area contributed by atoms with Crippen LogP contribution in [0.5, 0.6) is 0 Å². The first-order chi connectivity index (χ1) is 7.91. The molecule has 0 aliphatic heterocycles. The van der Waals surface area contributed by atoms with Crippen LogP contribution in [-0.4, -0.2) is 28.2 Å². The van der Waals surface area contributed by atoms with Crippen LogP contribution in [0.15, 0.2) is 10.8 Å². The van der Waals surface area contributed by atoms with E-state index in [1.807, 2.05) is 13.8 Å². The van der Waals surface area contributed by atoms with E-state index in [9.17, 15) is 9.59 Å². The van der Waals surface area contributed by atoms with Crippen molar-refractivity contribution in [2.75, 3.05) is 0 Å². The first kappa shape index (κ1) is 13.2. The number of aryl methyl sites for hydroxylation is 1. The lowest BCUT2D eigenvalue weighted by atomic mass is 10.0. The summed E-state index contributed by atoms with van der Waals surface area (Å²) < 4.78 is 4.63. The second kappa shape index (κ2) is 5.47. The molecule has 2 N–H and O–H groups in total. The average molecular weight is 240 g/mol. The number of nitrogens with zero attached hydrogens (tertiary/aromatic N) is 1. The summed E-state index contributed by atoms with van der Waals surface area (Å²) in [6.45, 7) is 5.41. The number of amides is 1. The topological polar surface area (TPSA) is 92.4 Å². The van der Waals surface area contributed by atoms with Gasteiger partial charge in [-0.2, -0.15) is 0 Å². The number of nitrogens with one attached hydrogen (secondary N) is 1. The van der Waals surface area contributed by atoms with Crippen LogP contribution in [0.3, 0.4) is 0 Å². The second-order valence-corrected chi connectivity index (χ2v) is 4.31. The molecule has 0 radical (unpaired) electrons. The average Bonchev–Trinajstić information content (AvgIpc) is 2.62. The van der Waals surface area contributed by atoms with Gasteiger partial charge in [-0.05, 0) is 19.3 Å². The summed E-state index contributed by atoms with van der Waals surface area (Å²) in [6.07, 6.45) is 1.59. The van der Waals surface area contributed by atoms with Gasteiger partial charge in [0.15, 0.2) is 0 Å². The third-order valence-corrected chi connectivity index (χ3v) is 2.31. The fourth-order valence-corrected chi connectivity index (χ4v) is 1.44. The van der Waals surface area contributed by atoms with E-state index in [1.165, 1.54) is 6.26 Å². The molecule has 0 aliphatic carbocycles. The zero-order valence-corrected chi connectivity index (χ0v) is 10.1. The van der Waals surface area contributed by atoms with E-state index in [0.717, 1.165) is 0 Å². The van der Waals surface area contributed by atoms with Crippen molar-refractivity contribution in [1.29, 1.82) is 0 Å².